The van der Waals surface area contributed by atoms with Crippen molar-refractivity contribution in [1.82, 2.24) is 9.80 Å². The second kappa shape index (κ2) is 5.42. The van der Waals surface area contributed by atoms with E-state index in [-0.39, 0.29) is 12.3 Å². The Morgan fingerprint density at radius 1 is 1.39 bits per heavy atom. The number of carbonyl (C=O) groups is 2. The summed E-state index contributed by atoms with van der Waals surface area (Å²) >= 11 is 0. The zero-order chi connectivity index (χ0) is 13.9. The van der Waals surface area contributed by atoms with Gasteiger partial charge >= 0.3 is 6.09 Å². The van der Waals surface area contributed by atoms with Gasteiger partial charge < -0.3 is 14.5 Å². The van der Waals surface area contributed by atoms with Crippen molar-refractivity contribution in [2.75, 3.05) is 27.2 Å². The summed E-state index contributed by atoms with van der Waals surface area (Å²) in [5.41, 5.74) is 0.236. The number of carbonyl (C=O) groups excluding carboxylic acids is 2. The minimum absolute atomic E-state index is 0.0131. The van der Waals surface area contributed by atoms with E-state index in [4.69, 9.17) is 4.74 Å². The second-order valence-electron chi connectivity index (χ2n) is 5.69. The minimum Gasteiger partial charge on any atom is -0.444 e. The predicted molar refractivity (Wildman–Crippen MR) is 69.2 cm³/mol. The number of rotatable bonds is 1. The molecule has 102 valence electrons. The zero-order valence-electron chi connectivity index (χ0n) is 11.8. The molecule has 0 radical (unpaired) electrons. The van der Waals surface area contributed by atoms with Crippen molar-refractivity contribution in [2.24, 2.45) is 0 Å². The molecule has 0 N–H and O–H groups in total. The number of hydrogen-bond donors (Lipinski definition) is 0. The Balaban J connectivity index is 2.61. The van der Waals surface area contributed by atoms with Gasteiger partial charge in [0.15, 0.2) is 5.78 Å². The van der Waals surface area contributed by atoms with Crippen molar-refractivity contribution in [2.45, 2.75) is 32.8 Å². The Bertz CT molecular complexity index is 367. The molecule has 1 heterocycles. The lowest BCUT2D eigenvalue weighted by atomic mass is 10.0. The van der Waals surface area contributed by atoms with Crippen molar-refractivity contribution in [3.63, 3.8) is 0 Å². The quantitative estimate of drug-likeness (QED) is 0.667. The first kappa shape index (κ1) is 14.5. The highest BCUT2D eigenvalue weighted by Crippen LogP contribution is 2.16. The van der Waals surface area contributed by atoms with Gasteiger partial charge in [0, 0.05) is 32.4 Å². The smallest absolute Gasteiger partial charge is 0.410 e. The molecule has 0 saturated carbocycles. The molecule has 1 aliphatic rings. The van der Waals surface area contributed by atoms with E-state index < -0.39 is 11.7 Å². The van der Waals surface area contributed by atoms with Gasteiger partial charge in [-0.2, -0.15) is 0 Å². The van der Waals surface area contributed by atoms with Crippen LogP contribution in [0.4, 0.5) is 4.79 Å². The normalized spacial score (nSPS) is 19.1. The summed E-state index contributed by atoms with van der Waals surface area (Å²) in [6.07, 6.45) is 1.98. The first-order valence-electron chi connectivity index (χ1n) is 6.07. The minimum atomic E-state index is -0.528. The average Bonchev–Trinajstić information content (AvgIpc) is 2.17. The second-order valence-corrected chi connectivity index (χ2v) is 5.69. The number of Topliss-reactive ketones (excluding diaryl/α,β-unsaturated/α-hetero) is 1. The first-order chi connectivity index (χ1) is 8.19. The summed E-state index contributed by atoms with van der Waals surface area (Å²) < 4.78 is 5.25. The molecule has 0 bridgehead atoms. The van der Waals surface area contributed by atoms with Crippen LogP contribution in [-0.4, -0.2) is 54.5 Å². The maximum absolute atomic E-state index is 11.9. The van der Waals surface area contributed by atoms with Crippen molar-refractivity contribution in [3.8, 4) is 0 Å². The van der Waals surface area contributed by atoms with Gasteiger partial charge in [-0.15, -0.1) is 0 Å². The fraction of sp³-hybridized carbons (Fsp3) is 0.692. The van der Waals surface area contributed by atoms with Gasteiger partial charge in [-0.25, -0.2) is 4.79 Å². The summed E-state index contributed by atoms with van der Waals surface area (Å²) in [4.78, 5) is 27.0. The monoisotopic (exact) mass is 254 g/mol. The number of ketones is 1. The van der Waals surface area contributed by atoms with Crippen LogP contribution in [0.1, 0.15) is 27.2 Å². The first-order valence-corrected chi connectivity index (χ1v) is 6.07. The van der Waals surface area contributed by atoms with Gasteiger partial charge in [-0.1, -0.05) is 0 Å². The third kappa shape index (κ3) is 4.39. The van der Waals surface area contributed by atoms with Gasteiger partial charge in [0.2, 0.25) is 0 Å². The molecule has 0 aromatic carbocycles. The highest BCUT2D eigenvalue weighted by Gasteiger charge is 2.28. The molecule has 0 aromatic heterocycles. The molecule has 0 spiro atoms. The Morgan fingerprint density at radius 3 is 2.44 bits per heavy atom. The summed E-state index contributed by atoms with van der Waals surface area (Å²) in [6.45, 7) is 6.07. The number of amides is 1. The number of nitrogens with zero attached hydrogens (tertiary/aromatic N) is 2. The molecule has 5 heteroatoms. The van der Waals surface area contributed by atoms with E-state index in [0.717, 1.165) is 5.57 Å². The lowest BCUT2D eigenvalue weighted by molar-refractivity contribution is -0.118. The Morgan fingerprint density at radius 2 is 2.00 bits per heavy atom. The molecular weight excluding hydrogens is 232 g/mol. The largest absolute Gasteiger partial charge is 0.444 e. The SMILES string of the molecule is CN(C)/C=C1\CCN(C(=O)OC(C)(C)C)CC1=O. The molecule has 18 heavy (non-hydrogen) atoms. The number of likely N-dealkylation sites (tertiary alicyclic amines) is 1. The fourth-order valence-electron chi connectivity index (χ4n) is 1.68. The Hall–Kier alpha value is -1.52. The van der Waals surface area contributed by atoms with Crippen LogP contribution in [0.3, 0.4) is 0 Å². The maximum Gasteiger partial charge on any atom is 0.410 e. The fourth-order valence-corrected chi connectivity index (χ4v) is 1.68. The molecule has 0 aliphatic carbocycles. The highest BCUT2D eigenvalue weighted by molar-refractivity contribution is 5.99. The van der Waals surface area contributed by atoms with E-state index in [1.54, 1.807) is 0 Å². The third-order valence-corrected chi connectivity index (χ3v) is 2.41. The van der Waals surface area contributed by atoms with Crippen LogP contribution in [-0.2, 0) is 9.53 Å². The van der Waals surface area contributed by atoms with Crippen LogP contribution >= 0.6 is 0 Å². The summed E-state index contributed by atoms with van der Waals surface area (Å²) in [5, 5.41) is 0. The molecule has 0 aromatic rings. The standard InChI is InChI=1S/C13H22N2O3/c1-13(2,3)18-12(17)15-7-6-10(8-14(4)5)11(16)9-15/h8H,6-7,9H2,1-5H3/b10-8+. The van der Waals surface area contributed by atoms with Gasteiger partial charge in [-0.3, -0.25) is 4.79 Å². The van der Waals surface area contributed by atoms with Crippen LogP contribution in [0.25, 0.3) is 0 Å². The summed E-state index contributed by atoms with van der Waals surface area (Å²) in [7, 11) is 3.75. The Labute approximate surface area is 108 Å². The molecule has 1 aliphatic heterocycles. The van der Waals surface area contributed by atoms with E-state index in [1.807, 2.05) is 46.0 Å². The van der Waals surface area contributed by atoms with E-state index >= 15 is 0 Å². The van der Waals surface area contributed by atoms with Crippen molar-refractivity contribution in [1.29, 1.82) is 0 Å². The van der Waals surface area contributed by atoms with E-state index in [1.165, 1.54) is 4.90 Å². The predicted octanol–water partition coefficient (Wildman–Crippen LogP) is 1.64. The lowest BCUT2D eigenvalue weighted by Crippen LogP contribution is -2.44. The van der Waals surface area contributed by atoms with Gasteiger partial charge in [0.1, 0.15) is 5.60 Å². The summed E-state index contributed by atoms with van der Waals surface area (Å²) in [5.74, 6) is -0.0131. The molecule has 0 atom stereocenters. The van der Waals surface area contributed by atoms with Crippen LogP contribution in [0, 0.1) is 0 Å². The van der Waals surface area contributed by atoms with Crippen LogP contribution in [0.15, 0.2) is 11.8 Å². The third-order valence-electron chi connectivity index (χ3n) is 2.41. The number of hydrogen-bond acceptors (Lipinski definition) is 4. The van der Waals surface area contributed by atoms with Crippen molar-refractivity contribution < 1.29 is 14.3 Å². The molecule has 5 nitrogen and oxygen atoms in total. The van der Waals surface area contributed by atoms with E-state index in [2.05, 4.69) is 0 Å². The van der Waals surface area contributed by atoms with Crippen molar-refractivity contribution in [3.05, 3.63) is 11.8 Å². The highest BCUT2D eigenvalue weighted by atomic mass is 16.6. The summed E-state index contributed by atoms with van der Waals surface area (Å²) in [6, 6.07) is 0. The maximum atomic E-state index is 11.9. The Kier molecular flexibility index (Phi) is 4.38. The van der Waals surface area contributed by atoms with E-state index in [0.29, 0.717) is 13.0 Å². The molecule has 1 saturated heterocycles. The van der Waals surface area contributed by atoms with Crippen LogP contribution in [0.2, 0.25) is 0 Å². The number of piperidine rings is 1. The van der Waals surface area contributed by atoms with Crippen molar-refractivity contribution >= 4 is 11.9 Å². The van der Waals surface area contributed by atoms with E-state index in [9.17, 15) is 9.59 Å². The molecule has 1 rings (SSSR count). The molecule has 1 fully saturated rings. The number of ether oxygens (including phenoxy) is 1. The average molecular weight is 254 g/mol. The lowest BCUT2D eigenvalue weighted by Gasteiger charge is -2.30. The van der Waals surface area contributed by atoms with Crippen LogP contribution in [0.5, 0.6) is 0 Å². The molecule has 1 amide bonds. The van der Waals surface area contributed by atoms with Gasteiger partial charge in [0.25, 0.3) is 0 Å². The van der Waals surface area contributed by atoms with Gasteiger partial charge in [-0.05, 0) is 27.2 Å². The molecular formula is C13H22N2O3. The molecule has 0 unspecified atom stereocenters. The topological polar surface area (TPSA) is 49.9 Å². The van der Waals surface area contributed by atoms with Crippen LogP contribution < -0.4 is 0 Å². The zero-order valence-corrected chi connectivity index (χ0v) is 11.8. The van der Waals surface area contributed by atoms with Gasteiger partial charge in [0.05, 0.1) is 6.54 Å².